The first-order valence-corrected chi connectivity index (χ1v) is 11.2. The molecule has 3 aromatic rings. The van der Waals surface area contributed by atoms with E-state index in [1.54, 1.807) is 30.6 Å². The maximum Gasteiger partial charge on any atom is 0.241 e. The molecule has 0 saturated heterocycles. The van der Waals surface area contributed by atoms with Crippen LogP contribution in [0.4, 0.5) is 0 Å². The average molecular weight is 537 g/mol. The van der Waals surface area contributed by atoms with E-state index in [2.05, 4.69) is 31.0 Å². The highest BCUT2D eigenvalue weighted by Crippen LogP contribution is 2.22. The summed E-state index contributed by atoms with van der Waals surface area (Å²) in [6.07, 6.45) is 3.25. The molecule has 0 aliphatic carbocycles. The molecular formula is C20H24BrCl2N3O3S. The molecular weight excluding hydrogens is 513 g/mol. The van der Waals surface area contributed by atoms with Crippen LogP contribution in [0.25, 0.3) is 10.8 Å². The summed E-state index contributed by atoms with van der Waals surface area (Å²) >= 11 is 3.43. The highest BCUT2D eigenvalue weighted by Gasteiger charge is 2.16. The summed E-state index contributed by atoms with van der Waals surface area (Å²) in [6, 6.07) is 12.7. The van der Waals surface area contributed by atoms with E-state index in [1.807, 2.05) is 31.2 Å². The third-order valence-electron chi connectivity index (χ3n) is 4.20. The molecule has 0 aliphatic heterocycles. The highest BCUT2D eigenvalue weighted by atomic mass is 79.9. The molecule has 2 aromatic carbocycles. The molecule has 0 aliphatic rings. The van der Waals surface area contributed by atoms with Crippen molar-refractivity contribution in [1.82, 2.24) is 15.0 Å². The zero-order valence-electron chi connectivity index (χ0n) is 16.3. The average Bonchev–Trinajstić information content (AvgIpc) is 2.68. The monoisotopic (exact) mass is 535 g/mol. The summed E-state index contributed by atoms with van der Waals surface area (Å²) in [5, 5.41) is 4.63. The molecule has 0 unspecified atom stereocenters. The van der Waals surface area contributed by atoms with E-state index >= 15 is 0 Å². The lowest BCUT2D eigenvalue weighted by molar-refractivity contribution is 0.312. The van der Waals surface area contributed by atoms with Crippen molar-refractivity contribution in [3.63, 3.8) is 0 Å². The van der Waals surface area contributed by atoms with E-state index in [-0.39, 0.29) is 29.7 Å². The van der Waals surface area contributed by atoms with E-state index in [1.165, 1.54) is 0 Å². The number of aryl methyl sites for hydroxylation is 1. The summed E-state index contributed by atoms with van der Waals surface area (Å²) < 4.78 is 34.6. The van der Waals surface area contributed by atoms with Crippen LogP contribution >= 0.6 is 40.7 Å². The van der Waals surface area contributed by atoms with Gasteiger partial charge in [-0.3, -0.25) is 4.98 Å². The lowest BCUT2D eigenvalue weighted by Crippen LogP contribution is -2.33. The smallest absolute Gasteiger partial charge is 0.241 e. The lowest BCUT2D eigenvalue weighted by Gasteiger charge is -2.11. The van der Waals surface area contributed by atoms with Gasteiger partial charge in [-0.2, -0.15) is 0 Å². The van der Waals surface area contributed by atoms with Gasteiger partial charge in [0.15, 0.2) is 0 Å². The summed E-state index contributed by atoms with van der Waals surface area (Å²) in [7, 11) is -3.59. The molecule has 30 heavy (non-hydrogen) atoms. The Hall–Kier alpha value is -1.42. The predicted octanol–water partition coefficient (Wildman–Crippen LogP) is 4.10. The molecule has 0 radical (unpaired) electrons. The summed E-state index contributed by atoms with van der Waals surface area (Å²) in [5.41, 5.74) is 1.06. The minimum Gasteiger partial charge on any atom is -0.492 e. The van der Waals surface area contributed by atoms with Crippen molar-refractivity contribution in [3.8, 4) is 5.75 Å². The van der Waals surface area contributed by atoms with Crippen LogP contribution in [0.15, 0.2) is 64.2 Å². The van der Waals surface area contributed by atoms with Crippen LogP contribution in [0.3, 0.4) is 0 Å². The minimum atomic E-state index is -3.59. The standard InChI is InChI=1S/C20H22BrN3O3S.2ClH/c1-15-13-17(21)5-6-19(15)27-12-11-22-9-10-24-28(25,26)20-4-2-3-16-14-23-8-7-18(16)20;;/h2-8,13-14,22,24H,9-12H2,1H3;2*1H. The van der Waals surface area contributed by atoms with Gasteiger partial charge in [0, 0.05) is 47.3 Å². The number of sulfonamides is 1. The van der Waals surface area contributed by atoms with Gasteiger partial charge in [0.1, 0.15) is 12.4 Å². The zero-order valence-corrected chi connectivity index (χ0v) is 20.3. The molecule has 0 amide bonds. The molecule has 10 heteroatoms. The number of halogens is 3. The second-order valence-electron chi connectivity index (χ2n) is 6.26. The Morgan fingerprint density at radius 1 is 1.07 bits per heavy atom. The Balaban J connectivity index is 0.00000225. The van der Waals surface area contributed by atoms with E-state index in [0.29, 0.717) is 31.6 Å². The molecule has 3 rings (SSSR count). The third kappa shape index (κ3) is 7.08. The molecule has 0 atom stereocenters. The van der Waals surface area contributed by atoms with Crippen molar-refractivity contribution in [2.24, 2.45) is 0 Å². The van der Waals surface area contributed by atoms with Crippen molar-refractivity contribution in [3.05, 3.63) is 64.9 Å². The highest BCUT2D eigenvalue weighted by molar-refractivity contribution is 9.10. The maximum atomic E-state index is 12.6. The van der Waals surface area contributed by atoms with Crippen LogP contribution in [-0.2, 0) is 10.0 Å². The molecule has 164 valence electrons. The summed E-state index contributed by atoms with van der Waals surface area (Å²) in [4.78, 5) is 4.30. The Morgan fingerprint density at radius 3 is 2.63 bits per heavy atom. The second-order valence-corrected chi connectivity index (χ2v) is 8.91. The Bertz CT molecular complexity index is 1060. The summed E-state index contributed by atoms with van der Waals surface area (Å²) in [5.74, 6) is 0.844. The first-order valence-electron chi connectivity index (χ1n) is 8.89. The van der Waals surface area contributed by atoms with Crippen LogP contribution in [0, 0.1) is 6.92 Å². The fourth-order valence-electron chi connectivity index (χ4n) is 2.81. The Kier molecular flexibility index (Phi) is 11.0. The molecule has 1 aromatic heterocycles. The van der Waals surface area contributed by atoms with Gasteiger partial charge in [-0.25, -0.2) is 13.1 Å². The van der Waals surface area contributed by atoms with Crippen LogP contribution in [0.2, 0.25) is 0 Å². The van der Waals surface area contributed by atoms with Crippen LogP contribution < -0.4 is 14.8 Å². The number of hydrogen-bond donors (Lipinski definition) is 2. The molecule has 1 heterocycles. The van der Waals surface area contributed by atoms with Gasteiger partial charge < -0.3 is 10.1 Å². The largest absolute Gasteiger partial charge is 0.492 e. The number of ether oxygens (including phenoxy) is 1. The van der Waals surface area contributed by atoms with E-state index in [4.69, 9.17) is 4.74 Å². The number of aromatic nitrogens is 1. The SMILES string of the molecule is Cc1cc(Br)ccc1OCCNCCNS(=O)(=O)c1cccc2cnccc12.Cl.Cl. The fourth-order valence-corrected chi connectivity index (χ4v) is 4.55. The molecule has 6 nitrogen and oxygen atoms in total. The number of pyridine rings is 1. The van der Waals surface area contributed by atoms with Crippen molar-refractivity contribution in [2.45, 2.75) is 11.8 Å². The third-order valence-corrected chi connectivity index (χ3v) is 6.21. The number of fused-ring (bicyclic) bond motifs is 1. The topological polar surface area (TPSA) is 80.3 Å². The zero-order chi connectivity index (χ0) is 20.0. The molecule has 2 N–H and O–H groups in total. The van der Waals surface area contributed by atoms with Gasteiger partial charge in [0.25, 0.3) is 0 Å². The quantitative estimate of drug-likeness (QED) is 0.402. The Morgan fingerprint density at radius 2 is 1.87 bits per heavy atom. The van der Waals surface area contributed by atoms with Crippen LogP contribution in [0.5, 0.6) is 5.75 Å². The number of benzene rings is 2. The summed E-state index contributed by atoms with van der Waals surface area (Å²) in [6.45, 7) is 3.92. The molecule has 0 fully saturated rings. The molecule has 0 bridgehead atoms. The van der Waals surface area contributed by atoms with Crippen LogP contribution in [0.1, 0.15) is 5.56 Å². The van der Waals surface area contributed by atoms with Crippen molar-refractivity contribution < 1.29 is 13.2 Å². The normalized spacial score (nSPS) is 10.9. The minimum absolute atomic E-state index is 0. The van der Waals surface area contributed by atoms with Crippen molar-refractivity contribution in [1.29, 1.82) is 0 Å². The van der Waals surface area contributed by atoms with E-state index in [9.17, 15) is 8.42 Å². The van der Waals surface area contributed by atoms with Crippen molar-refractivity contribution in [2.75, 3.05) is 26.2 Å². The fraction of sp³-hybridized carbons (Fsp3) is 0.250. The van der Waals surface area contributed by atoms with Gasteiger partial charge in [-0.1, -0.05) is 28.1 Å². The number of rotatable bonds is 9. The van der Waals surface area contributed by atoms with Gasteiger partial charge in [0.05, 0.1) is 4.90 Å². The van der Waals surface area contributed by atoms with E-state index < -0.39 is 10.0 Å². The maximum absolute atomic E-state index is 12.6. The van der Waals surface area contributed by atoms with E-state index in [0.717, 1.165) is 21.2 Å². The predicted molar refractivity (Wildman–Crippen MR) is 129 cm³/mol. The Labute approximate surface area is 197 Å². The molecule has 0 spiro atoms. The van der Waals surface area contributed by atoms with Gasteiger partial charge >= 0.3 is 0 Å². The lowest BCUT2D eigenvalue weighted by atomic mass is 10.2. The van der Waals surface area contributed by atoms with Crippen LogP contribution in [-0.4, -0.2) is 39.6 Å². The van der Waals surface area contributed by atoms with Gasteiger partial charge in [-0.15, -0.1) is 24.8 Å². The van der Waals surface area contributed by atoms with Gasteiger partial charge in [-0.05, 0) is 42.8 Å². The first-order chi connectivity index (χ1) is 13.5. The number of hydrogen-bond acceptors (Lipinski definition) is 5. The molecule has 0 saturated carbocycles. The van der Waals surface area contributed by atoms with Gasteiger partial charge in [0.2, 0.25) is 10.0 Å². The number of nitrogens with one attached hydrogen (secondary N) is 2. The number of nitrogens with zero attached hydrogens (tertiary/aromatic N) is 1. The van der Waals surface area contributed by atoms with Crippen molar-refractivity contribution >= 4 is 61.5 Å². The first kappa shape index (κ1) is 26.6. The second kappa shape index (κ2) is 12.4.